The van der Waals surface area contributed by atoms with Crippen molar-refractivity contribution >= 4 is 5.97 Å². The van der Waals surface area contributed by atoms with Crippen LogP contribution in [0, 0.1) is 0 Å². The summed E-state index contributed by atoms with van der Waals surface area (Å²) >= 11 is 0. The smallest absolute Gasteiger partial charge is 0.335 e. The number of carboxylic acids is 1. The van der Waals surface area contributed by atoms with Crippen LogP contribution in [0.25, 0.3) is 0 Å². The monoisotopic (exact) mass is 265 g/mol. The molecule has 1 radical (unpaired) electrons. The van der Waals surface area contributed by atoms with Gasteiger partial charge in [0.2, 0.25) is 0 Å². The molecule has 1 aromatic heterocycles. The third-order valence-corrected chi connectivity index (χ3v) is 1.46. The molecule has 87 valence electrons. The molecule has 0 aliphatic carbocycles. The standard InChI is InChI=1S/C7H6O2.C2H4N4.Co/c8-7(9)6-4-2-1-3-5-6;3-6-2-1-4-5-6;/h1-5H,(H,8,9);1-2H,3H2;. The first kappa shape index (κ1) is 14.1. The average molecular weight is 265 g/mol. The second kappa shape index (κ2) is 7.43. The van der Waals surface area contributed by atoms with Crippen molar-refractivity contribution in [1.29, 1.82) is 0 Å². The maximum atomic E-state index is 10.2. The number of rotatable bonds is 1. The van der Waals surface area contributed by atoms with Gasteiger partial charge in [0, 0.05) is 16.8 Å². The van der Waals surface area contributed by atoms with Gasteiger partial charge >= 0.3 is 5.97 Å². The Hall–Kier alpha value is -1.86. The van der Waals surface area contributed by atoms with Gasteiger partial charge in [-0.25, -0.2) is 4.79 Å². The molecule has 7 heteroatoms. The summed E-state index contributed by atoms with van der Waals surface area (Å²) in [5, 5.41) is 15.2. The second-order valence-corrected chi connectivity index (χ2v) is 2.55. The number of aromatic nitrogens is 3. The van der Waals surface area contributed by atoms with Crippen molar-refractivity contribution in [2.45, 2.75) is 0 Å². The van der Waals surface area contributed by atoms with E-state index in [1.807, 2.05) is 0 Å². The van der Waals surface area contributed by atoms with E-state index in [4.69, 9.17) is 10.9 Å². The Bertz CT molecular complexity index is 405. The molecule has 0 amide bonds. The van der Waals surface area contributed by atoms with Crippen molar-refractivity contribution in [3.63, 3.8) is 0 Å². The number of nitrogens with two attached hydrogens (primary N) is 1. The van der Waals surface area contributed by atoms with E-state index >= 15 is 0 Å². The molecule has 0 fully saturated rings. The van der Waals surface area contributed by atoms with E-state index in [-0.39, 0.29) is 16.8 Å². The van der Waals surface area contributed by atoms with Crippen LogP contribution in [0.1, 0.15) is 10.4 Å². The second-order valence-electron chi connectivity index (χ2n) is 2.55. The molecule has 0 aliphatic rings. The SMILES string of the molecule is Nn1ccnn1.O=C(O)c1ccccc1.[Co]. The molecule has 0 saturated heterocycles. The number of nitrogens with zero attached hydrogens (tertiary/aromatic N) is 3. The van der Waals surface area contributed by atoms with Crippen molar-refractivity contribution in [2.75, 3.05) is 5.84 Å². The van der Waals surface area contributed by atoms with Crippen LogP contribution in [0.5, 0.6) is 0 Å². The van der Waals surface area contributed by atoms with E-state index in [0.29, 0.717) is 5.56 Å². The minimum atomic E-state index is -0.879. The summed E-state index contributed by atoms with van der Waals surface area (Å²) in [6, 6.07) is 8.30. The minimum absolute atomic E-state index is 0. The van der Waals surface area contributed by atoms with Gasteiger partial charge in [0.1, 0.15) is 0 Å². The number of carboxylic acid groups (broad SMARTS) is 1. The molecule has 0 saturated carbocycles. The van der Waals surface area contributed by atoms with Gasteiger partial charge in [-0.3, -0.25) is 0 Å². The molecule has 1 heterocycles. The van der Waals surface area contributed by atoms with Crippen LogP contribution < -0.4 is 5.84 Å². The third-order valence-electron chi connectivity index (χ3n) is 1.46. The Morgan fingerprint density at radius 2 is 1.94 bits per heavy atom. The van der Waals surface area contributed by atoms with Gasteiger partial charge in [-0.15, -0.1) is 5.10 Å². The van der Waals surface area contributed by atoms with Crippen molar-refractivity contribution < 1.29 is 26.7 Å². The molecule has 2 aromatic rings. The van der Waals surface area contributed by atoms with E-state index in [1.54, 1.807) is 36.5 Å². The van der Waals surface area contributed by atoms with E-state index < -0.39 is 5.97 Å². The summed E-state index contributed by atoms with van der Waals surface area (Å²) < 4.78 is 0. The van der Waals surface area contributed by atoms with Crippen LogP contribution in [-0.4, -0.2) is 26.2 Å². The summed E-state index contributed by atoms with van der Waals surface area (Å²) in [5.41, 5.74) is 0.331. The Morgan fingerprint density at radius 1 is 1.31 bits per heavy atom. The summed E-state index contributed by atoms with van der Waals surface area (Å²) in [4.78, 5) is 11.3. The largest absolute Gasteiger partial charge is 0.478 e. The van der Waals surface area contributed by atoms with E-state index in [9.17, 15) is 4.79 Å². The van der Waals surface area contributed by atoms with Gasteiger partial charge in [0.15, 0.2) is 0 Å². The quantitative estimate of drug-likeness (QED) is 0.727. The number of nitrogen functional groups attached to an aromatic ring is 1. The van der Waals surface area contributed by atoms with Crippen LogP contribution in [-0.2, 0) is 16.8 Å². The fourth-order valence-electron chi connectivity index (χ4n) is 0.798. The fraction of sp³-hybridized carbons (Fsp3) is 0. The summed E-state index contributed by atoms with van der Waals surface area (Å²) in [6.07, 6.45) is 3.07. The van der Waals surface area contributed by atoms with Crippen molar-refractivity contribution in [2.24, 2.45) is 0 Å². The first-order valence-electron chi connectivity index (χ1n) is 4.10. The first-order valence-corrected chi connectivity index (χ1v) is 4.10. The van der Waals surface area contributed by atoms with Gasteiger partial charge in [-0.1, -0.05) is 18.2 Å². The average Bonchev–Trinajstić information content (AvgIpc) is 2.71. The number of hydrogen-bond donors (Lipinski definition) is 2. The van der Waals surface area contributed by atoms with Gasteiger partial charge in [-0.05, 0) is 17.3 Å². The zero-order chi connectivity index (χ0) is 11.1. The Kier molecular flexibility index (Phi) is 6.57. The molecular formula is C9H10CoN4O2. The number of carbonyl (C=O) groups is 1. The van der Waals surface area contributed by atoms with Gasteiger partial charge in [-0.2, -0.15) is 4.79 Å². The molecule has 0 atom stereocenters. The molecule has 0 unspecified atom stereocenters. The number of benzene rings is 1. The Morgan fingerprint density at radius 3 is 2.19 bits per heavy atom. The molecule has 0 bridgehead atoms. The zero-order valence-electron chi connectivity index (χ0n) is 8.15. The topological polar surface area (TPSA) is 94.0 Å². The van der Waals surface area contributed by atoms with E-state index in [2.05, 4.69) is 10.3 Å². The summed E-state index contributed by atoms with van der Waals surface area (Å²) in [5.74, 6) is 4.14. The van der Waals surface area contributed by atoms with Crippen LogP contribution >= 0.6 is 0 Å². The normalized spacial score (nSPS) is 8.25. The molecule has 1 aromatic carbocycles. The molecule has 3 N–H and O–H groups in total. The number of aromatic carboxylic acids is 1. The fourth-order valence-corrected chi connectivity index (χ4v) is 0.798. The van der Waals surface area contributed by atoms with Gasteiger partial charge in [0.25, 0.3) is 0 Å². The van der Waals surface area contributed by atoms with Crippen LogP contribution in [0.3, 0.4) is 0 Å². The first-order chi connectivity index (χ1) is 7.20. The molecule has 16 heavy (non-hydrogen) atoms. The van der Waals surface area contributed by atoms with Crippen molar-refractivity contribution in [1.82, 2.24) is 15.1 Å². The molecule has 6 nitrogen and oxygen atoms in total. The van der Waals surface area contributed by atoms with Gasteiger partial charge in [0.05, 0.1) is 18.0 Å². The zero-order valence-corrected chi connectivity index (χ0v) is 9.19. The Labute approximate surface area is 102 Å². The van der Waals surface area contributed by atoms with Crippen LogP contribution in [0.4, 0.5) is 0 Å². The molecule has 2 rings (SSSR count). The molecule has 0 spiro atoms. The van der Waals surface area contributed by atoms with E-state index in [1.165, 1.54) is 6.20 Å². The van der Waals surface area contributed by atoms with Crippen molar-refractivity contribution in [3.05, 3.63) is 48.3 Å². The maximum Gasteiger partial charge on any atom is 0.335 e. The van der Waals surface area contributed by atoms with Crippen LogP contribution in [0.2, 0.25) is 0 Å². The van der Waals surface area contributed by atoms with Crippen molar-refractivity contribution in [3.8, 4) is 0 Å². The van der Waals surface area contributed by atoms with Gasteiger partial charge < -0.3 is 10.9 Å². The Balaban J connectivity index is 0.000000283. The molecular weight excluding hydrogens is 255 g/mol. The summed E-state index contributed by atoms with van der Waals surface area (Å²) in [6.45, 7) is 0. The minimum Gasteiger partial charge on any atom is -0.478 e. The van der Waals surface area contributed by atoms with Crippen LogP contribution in [0.15, 0.2) is 42.7 Å². The van der Waals surface area contributed by atoms with E-state index in [0.717, 1.165) is 4.79 Å². The molecule has 0 aliphatic heterocycles. The summed E-state index contributed by atoms with van der Waals surface area (Å²) in [7, 11) is 0. The maximum absolute atomic E-state index is 10.2. The third kappa shape index (κ3) is 5.13. The number of hydrogen-bond acceptors (Lipinski definition) is 4. The predicted octanol–water partition coefficient (Wildman–Crippen LogP) is 0.374. The predicted molar refractivity (Wildman–Crippen MR) is 53.6 cm³/mol.